The molecule has 3 aromatic rings. The molecule has 0 aliphatic rings. The van der Waals surface area contributed by atoms with E-state index in [1.54, 1.807) is 6.07 Å². The average Bonchev–Trinajstić information content (AvgIpc) is 2.75. The predicted octanol–water partition coefficient (Wildman–Crippen LogP) is 5.93. The lowest BCUT2D eigenvalue weighted by Crippen LogP contribution is -2.29. The van der Waals surface area contributed by atoms with E-state index in [4.69, 9.17) is 0 Å². The van der Waals surface area contributed by atoms with Gasteiger partial charge in [-0.25, -0.2) is 0 Å². The van der Waals surface area contributed by atoms with Crippen LogP contribution < -0.4 is 10.6 Å². The Kier molecular flexibility index (Phi) is 7.09. The van der Waals surface area contributed by atoms with Crippen molar-refractivity contribution in [1.82, 2.24) is 0 Å². The largest absolute Gasteiger partial charge is 0.318 e. The van der Waals surface area contributed by atoms with Gasteiger partial charge in [0.05, 0.1) is 5.69 Å². The number of anilines is 2. The number of para-hydroxylation sites is 2. The van der Waals surface area contributed by atoms with Crippen molar-refractivity contribution < 1.29 is 9.59 Å². The summed E-state index contributed by atoms with van der Waals surface area (Å²) in [7, 11) is 0. The van der Waals surface area contributed by atoms with Crippen molar-refractivity contribution in [2.75, 3.05) is 10.6 Å². The van der Waals surface area contributed by atoms with Gasteiger partial charge in [0.15, 0.2) is 0 Å². The molecule has 3 rings (SSSR count). The first-order valence-electron chi connectivity index (χ1n) is 9.61. The predicted molar refractivity (Wildman–Crippen MR) is 119 cm³/mol. The van der Waals surface area contributed by atoms with E-state index in [-0.39, 0.29) is 5.92 Å². The molecular weight excluding hydrogens is 380 g/mol. The van der Waals surface area contributed by atoms with Gasteiger partial charge in [0.2, 0.25) is 0 Å². The van der Waals surface area contributed by atoms with Crippen LogP contribution >= 0.6 is 11.8 Å². The Morgan fingerprint density at radius 3 is 2.03 bits per heavy atom. The van der Waals surface area contributed by atoms with Crippen molar-refractivity contribution in [2.24, 2.45) is 0 Å². The Bertz CT molecular complexity index is 989. The van der Waals surface area contributed by atoms with E-state index in [9.17, 15) is 9.59 Å². The molecule has 0 aliphatic heterocycles. The number of hydrogen-bond acceptors (Lipinski definition) is 3. The molecule has 29 heavy (non-hydrogen) atoms. The Balaban J connectivity index is 1.72. The molecule has 0 spiro atoms. The van der Waals surface area contributed by atoms with E-state index in [1.165, 1.54) is 11.8 Å². The zero-order valence-corrected chi connectivity index (χ0v) is 17.3. The Morgan fingerprint density at radius 2 is 1.34 bits per heavy atom. The molecule has 148 valence electrons. The number of benzene rings is 3. The van der Waals surface area contributed by atoms with Crippen LogP contribution in [0.2, 0.25) is 0 Å². The maximum absolute atomic E-state index is 12.5. The van der Waals surface area contributed by atoms with Gasteiger partial charge in [0.1, 0.15) is 0 Å². The molecule has 0 aromatic heterocycles. The van der Waals surface area contributed by atoms with Crippen molar-refractivity contribution in [3.8, 4) is 0 Å². The lowest BCUT2D eigenvalue weighted by atomic mass is 9.97. The van der Waals surface area contributed by atoms with Gasteiger partial charge < -0.3 is 10.6 Å². The fourth-order valence-electron chi connectivity index (χ4n) is 2.89. The van der Waals surface area contributed by atoms with Crippen molar-refractivity contribution in [1.29, 1.82) is 0 Å². The van der Waals surface area contributed by atoms with Gasteiger partial charge in [0.25, 0.3) is 0 Å². The Labute approximate surface area is 175 Å². The molecule has 4 nitrogen and oxygen atoms in total. The van der Waals surface area contributed by atoms with Gasteiger partial charge >= 0.3 is 11.8 Å². The molecule has 0 saturated carbocycles. The summed E-state index contributed by atoms with van der Waals surface area (Å²) >= 11 is 1.53. The quantitative estimate of drug-likeness (QED) is 0.501. The smallest absolute Gasteiger partial charge is 0.314 e. The first-order chi connectivity index (χ1) is 14.1. The highest BCUT2D eigenvalue weighted by molar-refractivity contribution is 7.99. The van der Waals surface area contributed by atoms with Crippen LogP contribution in [-0.2, 0) is 9.59 Å². The molecule has 5 heteroatoms. The lowest BCUT2D eigenvalue weighted by molar-refractivity contribution is -0.133. The SMILES string of the molecule is CCC(C)c1ccccc1NC(=O)C(=O)Nc1ccccc1Sc1ccccc1. The summed E-state index contributed by atoms with van der Waals surface area (Å²) in [4.78, 5) is 27.0. The zero-order chi connectivity index (χ0) is 20.6. The first kappa shape index (κ1) is 20.7. The summed E-state index contributed by atoms with van der Waals surface area (Å²) in [5.41, 5.74) is 2.31. The van der Waals surface area contributed by atoms with Crippen LogP contribution in [0.25, 0.3) is 0 Å². The summed E-state index contributed by atoms with van der Waals surface area (Å²) in [6.07, 6.45) is 0.948. The highest BCUT2D eigenvalue weighted by Gasteiger charge is 2.18. The molecule has 0 heterocycles. The van der Waals surface area contributed by atoms with Gasteiger partial charge in [-0.3, -0.25) is 9.59 Å². The summed E-state index contributed by atoms with van der Waals surface area (Å²) in [5, 5.41) is 5.50. The fraction of sp³-hybridized carbons (Fsp3) is 0.167. The Morgan fingerprint density at radius 1 is 0.793 bits per heavy atom. The zero-order valence-electron chi connectivity index (χ0n) is 16.5. The molecule has 0 fully saturated rings. The normalized spacial score (nSPS) is 11.5. The molecule has 0 bridgehead atoms. The maximum atomic E-state index is 12.5. The van der Waals surface area contributed by atoms with Crippen molar-refractivity contribution >= 4 is 35.0 Å². The number of amides is 2. The van der Waals surface area contributed by atoms with Gasteiger partial charge in [0, 0.05) is 15.5 Å². The van der Waals surface area contributed by atoms with E-state index >= 15 is 0 Å². The molecule has 0 aliphatic carbocycles. The Hall–Kier alpha value is -3.05. The highest BCUT2D eigenvalue weighted by Crippen LogP contribution is 2.33. The van der Waals surface area contributed by atoms with Crippen LogP contribution in [0, 0.1) is 0 Å². The number of nitrogens with one attached hydrogen (secondary N) is 2. The van der Waals surface area contributed by atoms with Crippen LogP contribution in [0.15, 0.2) is 88.7 Å². The topological polar surface area (TPSA) is 58.2 Å². The van der Waals surface area contributed by atoms with Crippen LogP contribution in [0.4, 0.5) is 11.4 Å². The van der Waals surface area contributed by atoms with E-state index in [0.717, 1.165) is 21.8 Å². The molecule has 2 N–H and O–H groups in total. The molecule has 0 radical (unpaired) electrons. The van der Waals surface area contributed by atoms with Gasteiger partial charge in [-0.05, 0) is 48.2 Å². The van der Waals surface area contributed by atoms with E-state index < -0.39 is 11.8 Å². The van der Waals surface area contributed by atoms with Crippen LogP contribution in [0.1, 0.15) is 31.7 Å². The van der Waals surface area contributed by atoms with Crippen molar-refractivity contribution in [3.63, 3.8) is 0 Å². The third-order valence-electron chi connectivity index (χ3n) is 4.66. The highest BCUT2D eigenvalue weighted by atomic mass is 32.2. The first-order valence-corrected chi connectivity index (χ1v) is 10.4. The number of carbonyl (C=O) groups is 2. The van der Waals surface area contributed by atoms with Gasteiger partial charge in [-0.2, -0.15) is 0 Å². The van der Waals surface area contributed by atoms with Crippen LogP contribution in [0.3, 0.4) is 0 Å². The molecule has 0 saturated heterocycles. The summed E-state index contributed by atoms with van der Waals surface area (Å²) in [6, 6.07) is 24.9. The molecule has 1 unspecified atom stereocenters. The summed E-state index contributed by atoms with van der Waals surface area (Å²) < 4.78 is 0. The van der Waals surface area contributed by atoms with E-state index in [1.807, 2.05) is 72.8 Å². The average molecular weight is 405 g/mol. The van der Waals surface area contributed by atoms with Crippen molar-refractivity contribution in [2.45, 2.75) is 36.0 Å². The number of rotatable bonds is 6. The minimum absolute atomic E-state index is 0.289. The second kappa shape index (κ2) is 9.94. The number of hydrogen-bond donors (Lipinski definition) is 2. The molecule has 3 aromatic carbocycles. The second-order valence-electron chi connectivity index (χ2n) is 6.72. The molecule has 1 atom stereocenters. The minimum atomic E-state index is -0.690. The van der Waals surface area contributed by atoms with Crippen LogP contribution in [-0.4, -0.2) is 11.8 Å². The van der Waals surface area contributed by atoms with Gasteiger partial charge in [-0.1, -0.05) is 74.1 Å². The maximum Gasteiger partial charge on any atom is 0.314 e. The monoisotopic (exact) mass is 404 g/mol. The second-order valence-corrected chi connectivity index (χ2v) is 7.83. The minimum Gasteiger partial charge on any atom is -0.318 e. The number of carbonyl (C=O) groups excluding carboxylic acids is 2. The van der Waals surface area contributed by atoms with Crippen LogP contribution in [0.5, 0.6) is 0 Å². The van der Waals surface area contributed by atoms with Gasteiger partial charge in [-0.15, -0.1) is 0 Å². The third kappa shape index (κ3) is 5.48. The molecule has 2 amide bonds. The standard InChI is InChI=1S/C24H24N2O2S/c1-3-17(2)19-13-7-8-14-20(19)25-23(27)24(28)26-21-15-9-10-16-22(21)29-18-11-5-4-6-12-18/h4-17H,3H2,1-2H3,(H,25,27)(H,26,28). The van der Waals surface area contributed by atoms with E-state index in [0.29, 0.717) is 11.4 Å². The molecular formula is C24H24N2O2S. The van der Waals surface area contributed by atoms with Crippen molar-refractivity contribution in [3.05, 3.63) is 84.4 Å². The lowest BCUT2D eigenvalue weighted by Gasteiger charge is -2.16. The fourth-order valence-corrected chi connectivity index (χ4v) is 3.82. The summed E-state index contributed by atoms with van der Waals surface area (Å²) in [5.74, 6) is -1.08. The summed E-state index contributed by atoms with van der Waals surface area (Å²) in [6.45, 7) is 4.19. The van der Waals surface area contributed by atoms with E-state index in [2.05, 4.69) is 24.5 Å². The third-order valence-corrected chi connectivity index (χ3v) is 5.75.